The first-order valence-electron chi connectivity index (χ1n) is 6.34. The van der Waals surface area contributed by atoms with E-state index in [1.54, 1.807) is 0 Å². The molecule has 1 amide bonds. The molecule has 0 aromatic carbocycles. The number of carbonyl (C=O) groups excluding carboxylic acids is 1. The van der Waals surface area contributed by atoms with Gasteiger partial charge in [-0.2, -0.15) is 0 Å². The van der Waals surface area contributed by atoms with Crippen molar-refractivity contribution < 1.29 is 9.53 Å². The van der Waals surface area contributed by atoms with Crippen LogP contribution in [0.1, 0.15) is 26.2 Å². The van der Waals surface area contributed by atoms with Crippen LogP contribution in [0.4, 0.5) is 0 Å². The second kappa shape index (κ2) is 5.64. The standard InChI is InChI=1S/C12H22N2O2/c1-10-2-3-11(8-10)13-9-12(15)14-4-6-16-7-5-14/h10-11,13H,2-9H2,1H3. The smallest absolute Gasteiger partial charge is 0.236 e. The molecule has 0 aromatic heterocycles. The van der Waals surface area contributed by atoms with Gasteiger partial charge in [-0.05, 0) is 25.2 Å². The third kappa shape index (κ3) is 3.19. The highest BCUT2D eigenvalue weighted by atomic mass is 16.5. The van der Waals surface area contributed by atoms with Gasteiger partial charge in [0.25, 0.3) is 0 Å². The zero-order valence-electron chi connectivity index (χ0n) is 10.1. The summed E-state index contributed by atoms with van der Waals surface area (Å²) in [6.07, 6.45) is 3.73. The summed E-state index contributed by atoms with van der Waals surface area (Å²) in [4.78, 5) is 13.7. The molecule has 4 heteroatoms. The van der Waals surface area contributed by atoms with Crippen molar-refractivity contribution >= 4 is 5.91 Å². The molecule has 2 fully saturated rings. The first kappa shape index (κ1) is 11.9. The molecule has 1 N–H and O–H groups in total. The average molecular weight is 226 g/mol. The van der Waals surface area contributed by atoms with Gasteiger partial charge in [0.15, 0.2) is 0 Å². The van der Waals surface area contributed by atoms with Crippen molar-refractivity contribution in [1.82, 2.24) is 10.2 Å². The van der Waals surface area contributed by atoms with E-state index < -0.39 is 0 Å². The fourth-order valence-electron chi connectivity index (χ4n) is 2.55. The van der Waals surface area contributed by atoms with Gasteiger partial charge in [0.05, 0.1) is 19.8 Å². The van der Waals surface area contributed by atoms with Crippen molar-refractivity contribution in [3.63, 3.8) is 0 Å². The van der Waals surface area contributed by atoms with Crippen LogP contribution in [-0.2, 0) is 9.53 Å². The number of nitrogens with one attached hydrogen (secondary N) is 1. The summed E-state index contributed by atoms with van der Waals surface area (Å²) >= 11 is 0. The van der Waals surface area contributed by atoms with Crippen molar-refractivity contribution in [3.8, 4) is 0 Å². The molecule has 2 unspecified atom stereocenters. The predicted molar refractivity (Wildman–Crippen MR) is 62.2 cm³/mol. The van der Waals surface area contributed by atoms with Crippen molar-refractivity contribution in [2.45, 2.75) is 32.2 Å². The van der Waals surface area contributed by atoms with E-state index in [1.807, 2.05) is 4.90 Å². The Balaban J connectivity index is 1.66. The number of ether oxygens (including phenoxy) is 1. The Kier molecular flexibility index (Phi) is 4.18. The quantitative estimate of drug-likeness (QED) is 0.767. The number of hydrogen-bond donors (Lipinski definition) is 1. The maximum absolute atomic E-state index is 11.8. The Morgan fingerprint density at radius 3 is 2.75 bits per heavy atom. The van der Waals surface area contributed by atoms with Gasteiger partial charge in [-0.3, -0.25) is 4.79 Å². The van der Waals surface area contributed by atoms with Gasteiger partial charge in [-0.1, -0.05) is 6.92 Å². The average Bonchev–Trinajstić information content (AvgIpc) is 2.73. The van der Waals surface area contributed by atoms with E-state index in [4.69, 9.17) is 4.74 Å². The van der Waals surface area contributed by atoms with Gasteiger partial charge in [0, 0.05) is 19.1 Å². The zero-order valence-corrected chi connectivity index (χ0v) is 10.1. The second-order valence-electron chi connectivity index (χ2n) is 4.99. The highest BCUT2D eigenvalue weighted by Crippen LogP contribution is 2.24. The van der Waals surface area contributed by atoms with Crippen molar-refractivity contribution in [2.75, 3.05) is 32.8 Å². The van der Waals surface area contributed by atoms with Gasteiger partial charge in [-0.25, -0.2) is 0 Å². The Hall–Kier alpha value is -0.610. The SMILES string of the molecule is CC1CCC(NCC(=O)N2CCOCC2)C1. The lowest BCUT2D eigenvalue weighted by Crippen LogP contribution is -2.46. The maximum Gasteiger partial charge on any atom is 0.236 e. The van der Waals surface area contributed by atoms with Crippen molar-refractivity contribution in [2.24, 2.45) is 5.92 Å². The van der Waals surface area contributed by atoms with Gasteiger partial charge >= 0.3 is 0 Å². The minimum absolute atomic E-state index is 0.225. The molecule has 1 aliphatic heterocycles. The highest BCUT2D eigenvalue weighted by molar-refractivity contribution is 5.78. The minimum atomic E-state index is 0.225. The van der Waals surface area contributed by atoms with Gasteiger partial charge in [0.1, 0.15) is 0 Å². The largest absolute Gasteiger partial charge is 0.378 e. The molecule has 4 nitrogen and oxygen atoms in total. The first-order valence-corrected chi connectivity index (χ1v) is 6.34. The molecule has 0 bridgehead atoms. The fourth-order valence-corrected chi connectivity index (χ4v) is 2.55. The summed E-state index contributed by atoms with van der Waals surface area (Å²) in [7, 11) is 0. The molecule has 2 atom stereocenters. The van der Waals surface area contributed by atoms with Crippen LogP contribution < -0.4 is 5.32 Å². The third-order valence-corrected chi connectivity index (χ3v) is 3.60. The summed E-state index contributed by atoms with van der Waals surface area (Å²) in [5, 5.41) is 3.38. The molecular formula is C12H22N2O2. The van der Waals surface area contributed by atoms with Crippen LogP contribution in [0.3, 0.4) is 0 Å². The number of morpholine rings is 1. The summed E-state index contributed by atoms with van der Waals surface area (Å²) in [6, 6.07) is 0.556. The lowest BCUT2D eigenvalue weighted by atomic mass is 10.1. The lowest BCUT2D eigenvalue weighted by Gasteiger charge is -2.27. The molecule has 1 saturated heterocycles. The fraction of sp³-hybridized carbons (Fsp3) is 0.917. The third-order valence-electron chi connectivity index (χ3n) is 3.60. The molecule has 0 radical (unpaired) electrons. The van der Waals surface area contributed by atoms with Crippen LogP contribution in [-0.4, -0.2) is 49.7 Å². The first-order chi connectivity index (χ1) is 7.75. The zero-order chi connectivity index (χ0) is 11.4. The van der Waals surface area contributed by atoms with Crippen LogP contribution in [0.25, 0.3) is 0 Å². The van der Waals surface area contributed by atoms with Crippen LogP contribution >= 0.6 is 0 Å². The van der Waals surface area contributed by atoms with Crippen LogP contribution in [0, 0.1) is 5.92 Å². The molecule has 1 aliphatic carbocycles. The molecule has 1 heterocycles. The monoisotopic (exact) mass is 226 g/mol. The number of amides is 1. The van der Waals surface area contributed by atoms with E-state index in [-0.39, 0.29) is 5.91 Å². The van der Waals surface area contributed by atoms with Crippen molar-refractivity contribution in [1.29, 1.82) is 0 Å². The number of carbonyl (C=O) groups is 1. The van der Waals surface area contributed by atoms with Gasteiger partial charge in [0.2, 0.25) is 5.91 Å². The predicted octanol–water partition coefficient (Wildman–Crippen LogP) is 0.623. The topological polar surface area (TPSA) is 41.6 Å². The van der Waals surface area contributed by atoms with E-state index >= 15 is 0 Å². The van der Waals surface area contributed by atoms with Gasteiger partial charge < -0.3 is 15.0 Å². The molecule has 0 aromatic rings. The van der Waals surface area contributed by atoms with Crippen LogP contribution in [0.2, 0.25) is 0 Å². The second-order valence-corrected chi connectivity index (χ2v) is 4.99. The molecule has 2 aliphatic rings. The Labute approximate surface area is 97.3 Å². The summed E-state index contributed by atoms with van der Waals surface area (Å²) in [6.45, 7) is 5.66. The molecule has 0 spiro atoms. The molecule has 1 saturated carbocycles. The van der Waals surface area contributed by atoms with E-state index in [2.05, 4.69) is 12.2 Å². The number of rotatable bonds is 3. The summed E-state index contributed by atoms with van der Waals surface area (Å²) in [5.41, 5.74) is 0. The van der Waals surface area contributed by atoms with Crippen LogP contribution in [0.15, 0.2) is 0 Å². The summed E-state index contributed by atoms with van der Waals surface area (Å²) < 4.78 is 5.23. The molecule has 16 heavy (non-hydrogen) atoms. The van der Waals surface area contributed by atoms with E-state index in [9.17, 15) is 4.79 Å². The van der Waals surface area contributed by atoms with E-state index in [1.165, 1.54) is 19.3 Å². The normalized spacial score (nSPS) is 30.7. The number of nitrogens with zero attached hydrogens (tertiary/aromatic N) is 1. The van der Waals surface area contributed by atoms with E-state index in [0.29, 0.717) is 25.8 Å². The molecular weight excluding hydrogens is 204 g/mol. The molecule has 92 valence electrons. The van der Waals surface area contributed by atoms with Crippen LogP contribution in [0.5, 0.6) is 0 Å². The van der Waals surface area contributed by atoms with Gasteiger partial charge in [-0.15, -0.1) is 0 Å². The lowest BCUT2D eigenvalue weighted by molar-refractivity contribution is -0.134. The number of hydrogen-bond acceptors (Lipinski definition) is 3. The maximum atomic E-state index is 11.8. The molecule has 2 rings (SSSR count). The van der Waals surface area contributed by atoms with Crippen molar-refractivity contribution in [3.05, 3.63) is 0 Å². The minimum Gasteiger partial charge on any atom is -0.378 e. The Morgan fingerprint density at radius 1 is 1.38 bits per heavy atom. The van der Waals surface area contributed by atoms with E-state index in [0.717, 1.165) is 19.0 Å². The Bertz CT molecular complexity index is 239. The summed E-state index contributed by atoms with van der Waals surface area (Å²) in [5.74, 6) is 1.04. The Morgan fingerprint density at radius 2 is 2.12 bits per heavy atom. The highest BCUT2D eigenvalue weighted by Gasteiger charge is 2.23.